The summed E-state index contributed by atoms with van der Waals surface area (Å²) in [5.74, 6) is 0.192. The number of carbonyl (C=O) groups excluding carboxylic acids is 2. The molecule has 31 heavy (non-hydrogen) atoms. The van der Waals surface area contributed by atoms with Gasteiger partial charge in [-0.3, -0.25) is 4.79 Å². The van der Waals surface area contributed by atoms with Gasteiger partial charge in [0, 0.05) is 11.4 Å². The van der Waals surface area contributed by atoms with E-state index >= 15 is 0 Å². The summed E-state index contributed by atoms with van der Waals surface area (Å²) in [6, 6.07) is 12.9. The van der Waals surface area contributed by atoms with E-state index in [1.165, 1.54) is 17.8 Å². The summed E-state index contributed by atoms with van der Waals surface area (Å²) in [5.41, 5.74) is 1.72. The number of esters is 1. The summed E-state index contributed by atoms with van der Waals surface area (Å²) in [4.78, 5) is 30.9. The maximum absolute atomic E-state index is 12.9. The maximum atomic E-state index is 12.9. The Labute approximate surface area is 190 Å². The van der Waals surface area contributed by atoms with Crippen LogP contribution in [0.15, 0.2) is 42.5 Å². The zero-order valence-electron chi connectivity index (χ0n) is 17.6. The van der Waals surface area contributed by atoms with Crippen molar-refractivity contribution in [1.29, 1.82) is 0 Å². The van der Waals surface area contributed by atoms with Crippen LogP contribution in [0.5, 0.6) is 0 Å². The van der Waals surface area contributed by atoms with Crippen LogP contribution in [-0.2, 0) is 9.53 Å². The number of carbonyl (C=O) groups is 2. The monoisotopic (exact) mass is 456 g/mol. The molecule has 162 valence electrons. The van der Waals surface area contributed by atoms with Crippen molar-refractivity contribution in [3.63, 3.8) is 0 Å². The number of nitrogens with one attached hydrogen (secondary N) is 1. The number of hydrogen-bond acceptors (Lipinski definition) is 5. The second-order valence-electron chi connectivity index (χ2n) is 8.19. The fourth-order valence-electron chi connectivity index (χ4n) is 4.17. The Balaban J connectivity index is 1.50. The molecule has 0 saturated heterocycles. The molecule has 5 nitrogen and oxygen atoms in total. The first-order valence-corrected chi connectivity index (χ1v) is 11.7. The predicted molar refractivity (Wildman–Crippen MR) is 124 cm³/mol. The van der Waals surface area contributed by atoms with Crippen molar-refractivity contribution in [1.82, 2.24) is 10.3 Å². The first-order chi connectivity index (χ1) is 14.9. The minimum atomic E-state index is -0.539. The third-order valence-electron chi connectivity index (χ3n) is 6.15. The van der Waals surface area contributed by atoms with E-state index in [9.17, 15) is 9.59 Å². The van der Waals surface area contributed by atoms with Gasteiger partial charge in [0.05, 0.1) is 26.0 Å². The van der Waals surface area contributed by atoms with Crippen molar-refractivity contribution in [2.75, 3.05) is 6.61 Å². The van der Waals surface area contributed by atoms with E-state index < -0.39 is 5.97 Å². The second-order valence-corrected chi connectivity index (χ2v) is 9.91. The predicted octanol–water partition coefficient (Wildman–Crippen LogP) is 5.71. The molecule has 0 spiro atoms. The average Bonchev–Trinajstić information content (AvgIpc) is 3.21. The van der Waals surface area contributed by atoms with Crippen molar-refractivity contribution < 1.29 is 14.3 Å². The molecule has 7 heteroatoms. The SMILES string of the molecule is C[C@H]1[C@H](C)CCC[C@H]1NC(=O)COC(=O)c1cc(-c2ccc(Cl)s2)nc2ccccc12. The Morgan fingerprint density at radius 2 is 2.00 bits per heavy atom. The van der Waals surface area contributed by atoms with Crippen LogP contribution in [0.1, 0.15) is 43.5 Å². The minimum Gasteiger partial charge on any atom is -0.452 e. The molecule has 0 bridgehead atoms. The van der Waals surface area contributed by atoms with Crippen molar-refractivity contribution >= 4 is 45.7 Å². The first kappa shape index (κ1) is 21.8. The van der Waals surface area contributed by atoms with Gasteiger partial charge in [-0.15, -0.1) is 11.3 Å². The quantitative estimate of drug-likeness (QED) is 0.499. The average molecular weight is 457 g/mol. The molecule has 3 atom stereocenters. The van der Waals surface area contributed by atoms with Crippen LogP contribution in [0.3, 0.4) is 0 Å². The fourth-order valence-corrected chi connectivity index (χ4v) is 5.17. The highest BCUT2D eigenvalue weighted by atomic mass is 35.5. The Hall–Kier alpha value is -2.44. The number of amides is 1. The molecule has 3 aromatic rings. The topological polar surface area (TPSA) is 68.3 Å². The number of aromatic nitrogens is 1. The molecule has 4 rings (SSSR count). The lowest BCUT2D eigenvalue weighted by molar-refractivity contribution is -0.125. The van der Waals surface area contributed by atoms with Crippen LogP contribution in [0.4, 0.5) is 0 Å². The summed E-state index contributed by atoms with van der Waals surface area (Å²) < 4.78 is 6.05. The van der Waals surface area contributed by atoms with Gasteiger partial charge in [0.1, 0.15) is 0 Å². The highest BCUT2D eigenvalue weighted by molar-refractivity contribution is 7.19. The van der Waals surface area contributed by atoms with E-state index in [1.807, 2.05) is 30.3 Å². The molecule has 2 heterocycles. The zero-order chi connectivity index (χ0) is 22.0. The normalized spacial score (nSPS) is 21.1. The molecule has 0 radical (unpaired) electrons. The van der Waals surface area contributed by atoms with Crippen LogP contribution in [0.25, 0.3) is 21.5 Å². The Kier molecular flexibility index (Phi) is 6.58. The smallest absolute Gasteiger partial charge is 0.339 e. The molecule has 1 saturated carbocycles. The van der Waals surface area contributed by atoms with E-state index in [-0.39, 0.29) is 18.6 Å². The first-order valence-electron chi connectivity index (χ1n) is 10.5. The van der Waals surface area contributed by atoms with Crippen molar-refractivity contribution in [2.24, 2.45) is 11.8 Å². The summed E-state index contributed by atoms with van der Waals surface area (Å²) in [6.45, 7) is 4.09. The Bertz CT molecular complexity index is 1110. The molecule has 0 unspecified atom stereocenters. The highest BCUT2D eigenvalue weighted by Crippen LogP contribution is 2.32. The Morgan fingerprint density at radius 1 is 1.19 bits per heavy atom. The van der Waals surface area contributed by atoms with E-state index in [2.05, 4.69) is 24.1 Å². The number of ether oxygens (including phenoxy) is 1. The van der Waals surface area contributed by atoms with E-state index in [0.717, 1.165) is 17.7 Å². The second kappa shape index (κ2) is 9.37. The summed E-state index contributed by atoms with van der Waals surface area (Å²) in [7, 11) is 0. The lowest BCUT2D eigenvalue weighted by Gasteiger charge is -2.34. The molecular weight excluding hydrogens is 432 g/mol. The van der Waals surface area contributed by atoms with Gasteiger partial charge in [0.2, 0.25) is 0 Å². The van der Waals surface area contributed by atoms with Gasteiger partial charge >= 0.3 is 5.97 Å². The van der Waals surface area contributed by atoms with Crippen LogP contribution < -0.4 is 5.32 Å². The molecule has 1 aromatic carbocycles. The van der Waals surface area contributed by atoms with Gasteiger partial charge in [-0.05, 0) is 42.5 Å². The van der Waals surface area contributed by atoms with Crippen LogP contribution in [0, 0.1) is 11.8 Å². The van der Waals surface area contributed by atoms with Gasteiger partial charge in [-0.1, -0.05) is 56.5 Å². The number of nitrogens with zero attached hydrogens (tertiary/aromatic N) is 1. The van der Waals surface area contributed by atoms with Gasteiger partial charge in [0.25, 0.3) is 5.91 Å². The lowest BCUT2D eigenvalue weighted by Crippen LogP contribution is -2.45. The number of hydrogen-bond donors (Lipinski definition) is 1. The molecule has 1 amide bonds. The molecule has 1 aliphatic carbocycles. The van der Waals surface area contributed by atoms with Crippen molar-refractivity contribution in [3.8, 4) is 10.6 Å². The number of benzene rings is 1. The molecule has 1 N–H and O–H groups in total. The molecule has 1 aliphatic rings. The summed E-state index contributed by atoms with van der Waals surface area (Å²) >= 11 is 7.46. The molecule has 0 aliphatic heterocycles. The lowest BCUT2D eigenvalue weighted by atomic mass is 9.78. The number of para-hydroxylation sites is 1. The largest absolute Gasteiger partial charge is 0.452 e. The fraction of sp³-hybridized carbons (Fsp3) is 0.375. The minimum absolute atomic E-state index is 0.131. The highest BCUT2D eigenvalue weighted by Gasteiger charge is 2.28. The Morgan fingerprint density at radius 3 is 2.77 bits per heavy atom. The maximum Gasteiger partial charge on any atom is 0.339 e. The summed E-state index contributed by atoms with van der Waals surface area (Å²) in [5, 5.41) is 3.73. The number of rotatable bonds is 5. The third-order valence-corrected chi connectivity index (χ3v) is 7.40. The summed E-state index contributed by atoms with van der Waals surface area (Å²) in [6.07, 6.45) is 3.26. The number of fused-ring (bicyclic) bond motifs is 1. The third kappa shape index (κ3) is 4.91. The van der Waals surface area contributed by atoms with E-state index in [0.29, 0.717) is 38.3 Å². The number of halogens is 1. The standard InChI is InChI=1S/C24H25ClN2O3S/c1-14-6-5-9-18(15(14)2)27-23(28)13-30-24(29)17-12-20(21-10-11-22(25)31-21)26-19-8-4-3-7-16(17)19/h3-4,7-8,10-12,14-15,18H,5-6,9,13H2,1-2H3,(H,27,28)/t14-,15+,18-/m1/s1. The van der Waals surface area contributed by atoms with Crippen molar-refractivity contribution in [3.05, 3.63) is 52.4 Å². The van der Waals surface area contributed by atoms with Crippen LogP contribution in [0.2, 0.25) is 4.34 Å². The van der Waals surface area contributed by atoms with Crippen LogP contribution in [-0.4, -0.2) is 29.5 Å². The van der Waals surface area contributed by atoms with Crippen molar-refractivity contribution in [2.45, 2.75) is 39.2 Å². The van der Waals surface area contributed by atoms with Gasteiger partial charge in [0.15, 0.2) is 6.61 Å². The number of thiophene rings is 1. The molecular formula is C24H25ClN2O3S. The molecule has 2 aromatic heterocycles. The van der Waals surface area contributed by atoms with Gasteiger partial charge in [-0.2, -0.15) is 0 Å². The van der Waals surface area contributed by atoms with E-state index in [1.54, 1.807) is 12.1 Å². The molecule has 1 fully saturated rings. The zero-order valence-corrected chi connectivity index (χ0v) is 19.1. The van der Waals surface area contributed by atoms with E-state index in [4.69, 9.17) is 16.3 Å². The number of pyridine rings is 1. The van der Waals surface area contributed by atoms with Crippen LogP contribution >= 0.6 is 22.9 Å². The van der Waals surface area contributed by atoms with Gasteiger partial charge in [-0.25, -0.2) is 9.78 Å². The van der Waals surface area contributed by atoms with Gasteiger partial charge < -0.3 is 10.1 Å².